The van der Waals surface area contributed by atoms with Gasteiger partial charge in [-0.05, 0) is 30.2 Å². The fourth-order valence-electron chi connectivity index (χ4n) is 3.28. The Morgan fingerprint density at radius 3 is 2.92 bits per heavy atom. The summed E-state index contributed by atoms with van der Waals surface area (Å²) >= 11 is 6.04. The van der Waals surface area contributed by atoms with Gasteiger partial charge in [0.15, 0.2) is 0 Å². The van der Waals surface area contributed by atoms with E-state index < -0.39 is 0 Å². The van der Waals surface area contributed by atoms with Crippen molar-refractivity contribution in [3.8, 4) is 17.1 Å². The van der Waals surface area contributed by atoms with E-state index in [1.165, 1.54) is 5.56 Å². The number of nitrogens with zero attached hydrogens (tertiary/aromatic N) is 3. The number of aromatic nitrogens is 2. The third kappa shape index (κ3) is 3.20. The molecule has 0 spiro atoms. The summed E-state index contributed by atoms with van der Waals surface area (Å²) in [4.78, 5) is 6.66. The van der Waals surface area contributed by atoms with Gasteiger partial charge in [-0.15, -0.1) is 0 Å². The lowest BCUT2D eigenvalue weighted by atomic mass is 9.97. The molecule has 0 radical (unpaired) electrons. The van der Waals surface area contributed by atoms with Crippen LogP contribution in [0, 0.1) is 0 Å². The summed E-state index contributed by atoms with van der Waals surface area (Å²) in [7, 11) is 1.71. The number of rotatable bonds is 4. The molecule has 1 aromatic heterocycles. The van der Waals surface area contributed by atoms with Gasteiger partial charge < -0.3 is 14.2 Å². The van der Waals surface area contributed by atoms with Gasteiger partial charge in [0.2, 0.25) is 5.82 Å². The minimum atomic E-state index is 0.387. The topological polar surface area (TPSA) is 51.4 Å². The summed E-state index contributed by atoms with van der Waals surface area (Å²) in [6.45, 7) is 1.71. The van der Waals surface area contributed by atoms with Crippen LogP contribution in [0.1, 0.15) is 17.9 Å². The molecule has 0 aliphatic carbocycles. The van der Waals surface area contributed by atoms with Crippen molar-refractivity contribution in [1.29, 1.82) is 0 Å². The first kappa shape index (κ1) is 16.0. The molecule has 1 unspecified atom stereocenters. The monoisotopic (exact) mass is 355 g/mol. The Hall–Kier alpha value is -2.53. The van der Waals surface area contributed by atoms with Crippen LogP contribution in [0.4, 0.5) is 6.01 Å². The normalized spacial score (nSPS) is 17.0. The van der Waals surface area contributed by atoms with Gasteiger partial charge in [-0.2, -0.15) is 4.98 Å². The summed E-state index contributed by atoms with van der Waals surface area (Å²) in [6.07, 6.45) is 1.02. The number of para-hydroxylation sites is 1. The molecular weight excluding hydrogens is 338 g/mol. The molecule has 2 heterocycles. The van der Waals surface area contributed by atoms with E-state index >= 15 is 0 Å². The van der Waals surface area contributed by atoms with E-state index in [2.05, 4.69) is 21.1 Å². The Morgan fingerprint density at radius 1 is 1.20 bits per heavy atom. The second-order valence-electron chi connectivity index (χ2n) is 6.08. The van der Waals surface area contributed by atoms with Crippen LogP contribution in [0.5, 0.6) is 5.75 Å². The largest absolute Gasteiger partial charge is 0.496 e. The van der Waals surface area contributed by atoms with Gasteiger partial charge in [0, 0.05) is 29.6 Å². The highest BCUT2D eigenvalue weighted by Gasteiger charge is 2.29. The van der Waals surface area contributed by atoms with E-state index in [0.717, 1.165) is 30.8 Å². The standard InChI is InChI=1S/C19H18ClN3O2/c1-24-17-8-3-2-7-16(17)14-9-10-23(12-14)19-21-18(22-25-19)13-5-4-6-15(20)11-13/h2-8,11,14H,9-10,12H2,1H3. The van der Waals surface area contributed by atoms with E-state index in [-0.39, 0.29) is 0 Å². The highest BCUT2D eigenvalue weighted by atomic mass is 35.5. The van der Waals surface area contributed by atoms with Crippen molar-refractivity contribution in [2.75, 3.05) is 25.1 Å². The SMILES string of the molecule is COc1ccccc1C1CCN(c2nc(-c3cccc(Cl)c3)no2)C1. The molecule has 0 bridgehead atoms. The molecule has 1 atom stereocenters. The average molecular weight is 356 g/mol. The molecule has 2 aromatic carbocycles. The summed E-state index contributed by atoms with van der Waals surface area (Å²) < 4.78 is 11.0. The van der Waals surface area contributed by atoms with E-state index in [1.807, 2.05) is 42.5 Å². The maximum absolute atomic E-state index is 6.04. The van der Waals surface area contributed by atoms with Gasteiger partial charge in [-0.1, -0.05) is 47.1 Å². The van der Waals surface area contributed by atoms with Crippen LogP contribution in [0.15, 0.2) is 53.1 Å². The van der Waals surface area contributed by atoms with Crippen molar-refractivity contribution < 1.29 is 9.26 Å². The molecule has 1 aliphatic heterocycles. The number of ether oxygens (including phenoxy) is 1. The minimum absolute atomic E-state index is 0.387. The van der Waals surface area contributed by atoms with Gasteiger partial charge >= 0.3 is 6.01 Å². The van der Waals surface area contributed by atoms with Crippen LogP contribution in [0.25, 0.3) is 11.4 Å². The zero-order chi connectivity index (χ0) is 17.2. The molecule has 1 saturated heterocycles. The molecule has 3 aromatic rings. The molecule has 5 nitrogen and oxygen atoms in total. The minimum Gasteiger partial charge on any atom is -0.496 e. The molecule has 0 saturated carbocycles. The maximum atomic E-state index is 6.04. The van der Waals surface area contributed by atoms with Crippen LogP contribution < -0.4 is 9.64 Å². The molecule has 0 amide bonds. The van der Waals surface area contributed by atoms with Crippen LogP contribution in [-0.4, -0.2) is 30.3 Å². The molecule has 0 N–H and O–H groups in total. The van der Waals surface area contributed by atoms with Crippen molar-refractivity contribution in [3.05, 3.63) is 59.1 Å². The molecule has 25 heavy (non-hydrogen) atoms. The fourth-order valence-corrected chi connectivity index (χ4v) is 3.47. The quantitative estimate of drug-likeness (QED) is 0.694. The molecule has 1 fully saturated rings. The first-order valence-corrected chi connectivity index (χ1v) is 8.60. The number of halogens is 1. The molecular formula is C19H18ClN3O2. The average Bonchev–Trinajstić information content (AvgIpc) is 3.31. The van der Waals surface area contributed by atoms with Crippen LogP contribution in [-0.2, 0) is 0 Å². The third-order valence-electron chi connectivity index (χ3n) is 4.54. The fraction of sp³-hybridized carbons (Fsp3) is 0.263. The predicted molar refractivity (Wildman–Crippen MR) is 97.3 cm³/mol. The summed E-state index contributed by atoms with van der Waals surface area (Å²) in [5.41, 5.74) is 2.07. The van der Waals surface area contributed by atoms with Crippen LogP contribution in [0.2, 0.25) is 5.02 Å². The van der Waals surface area contributed by atoms with Crippen molar-refractivity contribution in [2.45, 2.75) is 12.3 Å². The zero-order valence-corrected chi connectivity index (χ0v) is 14.6. The lowest BCUT2D eigenvalue weighted by Gasteiger charge is -2.15. The number of methoxy groups -OCH3 is 1. The highest BCUT2D eigenvalue weighted by Crippen LogP contribution is 2.35. The Bertz CT molecular complexity index is 880. The zero-order valence-electron chi connectivity index (χ0n) is 13.9. The first-order chi connectivity index (χ1) is 12.2. The van der Waals surface area contributed by atoms with Gasteiger partial charge in [-0.25, -0.2) is 0 Å². The molecule has 6 heteroatoms. The van der Waals surface area contributed by atoms with Gasteiger partial charge in [-0.3, -0.25) is 0 Å². The van der Waals surface area contributed by atoms with Crippen molar-refractivity contribution in [1.82, 2.24) is 10.1 Å². The first-order valence-electron chi connectivity index (χ1n) is 8.22. The maximum Gasteiger partial charge on any atom is 0.324 e. The van der Waals surface area contributed by atoms with Gasteiger partial charge in [0.05, 0.1) is 7.11 Å². The highest BCUT2D eigenvalue weighted by molar-refractivity contribution is 6.30. The van der Waals surface area contributed by atoms with Crippen molar-refractivity contribution >= 4 is 17.6 Å². The molecule has 128 valence electrons. The Morgan fingerprint density at radius 2 is 2.08 bits per heavy atom. The van der Waals surface area contributed by atoms with E-state index in [4.69, 9.17) is 20.9 Å². The number of anilines is 1. The summed E-state index contributed by atoms with van der Waals surface area (Å²) in [6, 6.07) is 16.2. The van der Waals surface area contributed by atoms with Gasteiger partial charge in [0.25, 0.3) is 0 Å². The summed E-state index contributed by atoms with van der Waals surface area (Å²) in [5, 5.41) is 4.75. The second-order valence-corrected chi connectivity index (χ2v) is 6.52. The number of hydrogen-bond donors (Lipinski definition) is 0. The van der Waals surface area contributed by atoms with Crippen molar-refractivity contribution in [2.24, 2.45) is 0 Å². The number of benzene rings is 2. The van der Waals surface area contributed by atoms with E-state index in [9.17, 15) is 0 Å². The predicted octanol–water partition coefficient (Wildman–Crippen LogP) is 4.39. The smallest absolute Gasteiger partial charge is 0.324 e. The lowest BCUT2D eigenvalue weighted by molar-refractivity contribution is 0.405. The molecule has 1 aliphatic rings. The Kier molecular flexibility index (Phi) is 4.32. The van der Waals surface area contributed by atoms with Crippen LogP contribution >= 0.6 is 11.6 Å². The molecule has 4 rings (SSSR count). The Balaban J connectivity index is 1.53. The number of hydrogen-bond acceptors (Lipinski definition) is 5. The van der Waals surface area contributed by atoms with Crippen LogP contribution in [0.3, 0.4) is 0 Å². The Labute approximate surface area is 151 Å². The van der Waals surface area contributed by atoms with E-state index in [0.29, 0.717) is 22.8 Å². The third-order valence-corrected chi connectivity index (χ3v) is 4.77. The lowest BCUT2D eigenvalue weighted by Crippen LogP contribution is -2.19. The second kappa shape index (κ2) is 6.76. The van der Waals surface area contributed by atoms with E-state index in [1.54, 1.807) is 7.11 Å². The summed E-state index contributed by atoms with van der Waals surface area (Å²) in [5.74, 6) is 1.87. The van der Waals surface area contributed by atoms with Crippen molar-refractivity contribution in [3.63, 3.8) is 0 Å². The van der Waals surface area contributed by atoms with Gasteiger partial charge in [0.1, 0.15) is 5.75 Å².